The summed E-state index contributed by atoms with van der Waals surface area (Å²) >= 11 is 5.15. The number of carbonyl (C=O) groups is 1. The Labute approximate surface area is 138 Å². The summed E-state index contributed by atoms with van der Waals surface area (Å²) in [5.74, 6) is -0.365. The Kier molecular flexibility index (Phi) is 4.20. The summed E-state index contributed by atoms with van der Waals surface area (Å²) in [6.07, 6.45) is 0. The van der Waals surface area contributed by atoms with E-state index in [1.54, 1.807) is 0 Å². The number of nitrogens with zero attached hydrogens (tertiary/aromatic N) is 1. The fourth-order valence-electron chi connectivity index (χ4n) is 2.11. The second-order valence-corrected chi connectivity index (χ2v) is 5.43. The predicted octanol–water partition coefficient (Wildman–Crippen LogP) is 2.50. The van der Waals surface area contributed by atoms with E-state index < -0.39 is 0 Å². The van der Waals surface area contributed by atoms with Gasteiger partial charge in [-0.05, 0) is 37.3 Å². The molecule has 3 rings (SSSR count). The highest BCUT2D eigenvalue weighted by atomic mass is 32.1. The molecule has 6 nitrogen and oxygen atoms in total. The van der Waals surface area contributed by atoms with Gasteiger partial charge in [0.2, 0.25) is 0 Å². The predicted molar refractivity (Wildman–Crippen MR) is 94.1 cm³/mol. The minimum Gasteiger partial charge on any atom is -0.331 e. The molecule has 3 aromatic rings. The molecule has 0 bridgehead atoms. The molecular weight excluding hydrogens is 310 g/mol. The van der Waals surface area contributed by atoms with Crippen LogP contribution in [0.3, 0.4) is 0 Å². The number of amides is 1. The summed E-state index contributed by atoms with van der Waals surface area (Å²) in [4.78, 5) is 12.2. The summed E-state index contributed by atoms with van der Waals surface area (Å²) < 4.78 is 0. The molecule has 0 aliphatic carbocycles. The first-order valence-electron chi connectivity index (χ1n) is 7.00. The average molecular weight is 325 g/mol. The van der Waals surface area contributed by atoms with Crippen molar-refractivity contribution in [2.24, 2.45) is 0 Å². The molecular formula is C16H15N5OS. The Hall–Kier alpha value is -2.93. The Balaban J connectivity index is 1.60. The number of hydrogen-bond acceptors (Lipinski definition) is 3. The van der Waals surface area contributed by atoms with E-state index in [4.69, 9.17) is 12.2 Å². The van der Waals surface area contributed by atoms with Crippen LogP contribution in [0.2, 0.25) is 0 Å². The van der Waals surface area contributed by atoms with Gasteiger partial charge in [0.05, 0.1) is 5.52 Å². The Bertz CT molecular complexity index is 856. The van der Waals surface area contributed by atoms with Crippen molar-refractivity contribution in [2.45, 2.75) is 6.92 Å². The van der Waals surface area contributed by atoms with Gasteiger partial charge in [-0.2, -0.15) is 5.10 Å². The largest absolute Gasteiger partial charge is 0.331 e. The topological polar surface area (TPSA) is 81.8 Å². The molecule has 0 fully saturated rings. The number of hydrazine groups is 1. The van der Waals surface area contributed by atoms with Crippen LogP contribution in [0.15, 0.2) is 48.5 Å². The van der Waals surface area contributed by atoms with Crippen molar-refractivity contribution in [1.82, 2.24) is 21.0 Å². The van der Waals surface area contributed by atoms with E-state index in [-0.39, 0.29) is 5.91 Å². The summed E-state index contributed by atoms with van der Waals surface area (Å²) in [6.45, 7) is 2.01. The van der Waals surface area contributed by atoms with Crippen LogP contribution in [0.4, 0.5) is 5.69 Å². The monoisotopic (exact) mass is 325 g/mol. The van der Waals surface area contributed by atoms with E-state index in [1.165, 1.54) is 0 Å². The number of thiocarbonyl (C=S) groups is 1. The first-order valence-corrected chi connectivity index (χ1v) is 7.41. The number of aromatic nitrogens is 2. The minimum atomic E-state index is -0.365. The van der Waals surface area contributed by atoms with Crippen molar-refractivity contribution in [2.75, 3.05) is 5.32 Å². The van der Waals surface area contributed by atoms with E-state index >= 15 is 0 Å². The minimum absolute atomic E-state index is 0.294. The lowest BCUT2D eigenvalue weighted by atomic mass is 10.2. The molecule has 2 aromatic carbocycles. The Morgan fingerprint density at radius 1 is 1.09 bits per heavy atom. The van der Waals surface area contributed by atoms with Crippen molar-refractivity contribution >= 4 is 39.8 Å². The first-order chi connectivity index (χ1) is 11.1. The van der Waals surface area contributed by atoms with Gasteiger partial charge in [0.1, 0.15) is 0 Å². The maximum absolute atomic E-state index is 12.2. The van der Waals surface area contributed by atoms with Gasteiger partial charge < -0.3 is 5.32 Å². The van der Waals surface area contributed by atoms with Crippen LogP contribution in [0.1, 0.15) is 16.1 Å². The molecule has 4 N–H and O–H groups in total. The Morgan fingerprint density at radius 3 is 2.61 bits per heavy atom. The number of aromatic amines is 1. The first kappa shape index (κ1) is 15.0. The van der Waals surface area contributed by atoms with Crippen molar-refractivity contribution in [3.63, 3.8) is 0 Å². The van der Waals surface area contributed by atoms with Crippen LogP contribution in [-0.4, -0.2) is 21.2 Å². The lowest BCUT2D eigenvalue weighted by Gasteiger charge is -2.11. The number of hydrogen-bond donors (Lipinski definition) is 4. The molecule has 7 heteroatoms. The van der Waals surface area contributed by atoms with Gasteiger partial charge >= 0.3 is 0 Å². The zero-order valence-corrected chi connectivity index (χ0v) is 13.2. The van der Waals surface area contributed by atoms with Crippen molar-refractivity contribution in [3.8, 4) is 0 Å². The number of para-hydroxylation sites is 1. The second kappa shape index (κ2) is 6.45. The molecule has 0 atom stereocenters. The van der Waals surface area contributed by atoms with E-state index in [0.717, 1.165) is 22.2 Å². The lowest BCUT2D eigenvalue weighted by molar-refractivity contribution is 0.0940. The molecule has 0 aliphatic rings. The van der Waals surface area contributed by atoms with Gasteiger partial charge in [-0.15, -0.1) is 0 Å². The number of nitrogens with one attached hydrogen (secondary N) is 4. The van der Waals surface area contributed by atoms with Crippen LogP contribution in [0.5, 0.6) is 0 Å². The zero-order valence-electron chi connectivity index (χ0n) is 12.4. The molecule has 23 heavy (non-hydrogen) atoms. The van der Waals surface area contributed by atoms with Crippen molar-refractivity contribution in [3.05, 3.63) is 59.8 Å². The number of anilines is 1. The molecule has 0 saturated carbocycles. The zero-order chi connectivity index (χ0) is 16.2. The standard InChI is InChI=1S/C16H15N5OS/c1-10-6-8-11(9-7-10)17-16(23)21-20-15(22)14-12-4-2-3-5-13(12)18-19-14/h2-9H,1H3,(H,18,19)(H,20,22)(H2,17,21,23). The number of carbonyl (C=O) groups excluding carboxylic acids is 1. The molecule has 1 amide bonds. The van der Waals surface area contributed by atoms with Crippen molar-refractivity contribution < 1.29 is 4.79 Å². The summed E-state index contributed by atoms with van der Waals surface area (Å²) in [6, 6.07) is 15.2. The Morgan fingerprint density at radius 2 is 1.83 bits per heavy atom. The third-order valence-corrected chi connectivity index (χ3v) is 3.49. The fourth-order valence-corrected chi connectivity index (χ4v) is 2.28. The van der Waals surface area contributed by atoms with E-state index in [2.05, 4.69) is 26.4 Å². The number of aryl methyl sites for hydroxylation is 1. The van der Waals surface area contributed by atoms with Gasteiger partial charge in [0.15, 0.2) is 10.8 Å². The van der Waals surface area contributed by atoms with Gasteiger partial charge in [-0.25, -0.2) is 0 Å². The highest BCUT2D eigenvalue weighted by Gasteiger charge is 2.13. The molecule has 0 unspecified atom stereocenters. The van der Waals surface area contributed by atoms with E-state index in [0.29, 0.717) is 10.8 Å². The third-order valence-electron chi connectivity index (χ3n) is 3.28. The summed E-state index contributed by atoms with van der Waals surface area (Å²) in [5.41, 5.74) is 8.31. The van der Waals surface area contributed by atoms with Crippen LogP contribution in [-0.2, 0) is 0 Å². The number of benzene rings is 2. The van der Waals surface area contributed by atoms with Crippen LogP contribution >= 0.6 is 12.2 Å². The average Bonchev–Trinajstić information content (AvgIpc) is 2.99. The third kappa shape index (κ3) is 3.46. The maximum Gasteiger partial charge on any atom is 0.290 e. The van der Waals surface area contributed by atoms with E-state index in [9.17, 15) is 4.79 Å². The lowest BCUT2D eigenvalue weighted by Crippen LogP contribution is -2.43. The highest BCUT2D eigenvalue weighted by molar-refractivity contribution is 7.80. The smallest absolute Gasteiger partial charge is 0.290 e. The van der Waals surface area contributed by atoms with E-state index in [1.807, 2.05) is 55.5 Å². The summed E-state index contributed by atoms with van der Waals surface area (Å²) in [5, 5.41) is 10.9. The normalized spacial score (nSPS) is 10.3. The molecule has 1 aromatic heterocycles. The molecule has 0 spiro atoms. The molecule has 1 heterocycles. The van der Waals surface area contributed by atoms with Gasteiger partial charge in [-0.3, -0.25) is 20.7 Å². The maximum atomic E-state index is 12.2. The quantitative estimate of drug-likeness (QED) is 0.430. The highest BCUT2D eigenvalue weighted by Crippen LogP contribution is 2.14. The molecule has 0 saturated heterocycles. The van der Waals surface area contributed by atoms with Gasteiger partial charge in [0.25, 0.3) is 5.91 Å². The number of fused-ring (bicyclic) bond motifs is 1. The number of H-pyrrole nitrogens is 1. The van der Waals surface area contributed by atoms with Gasteiger partial charge in [-0.1, -0.05) is 35.9 Å². The summed E-state index contributed by atoms with van der Waals surface area (Å²) in [7, 11) is 0. The van der Waals surface area contributed by atoms with Crippen molar-refractivity contribution in [1.29, 1.82) is 0 Å². The SMILES string of the molecule is Cc1ccc(NC(=S)NNC(=O)c2n[nH]c3ccccc23)cc1. The van der Waals surface area contributed by atoms with Crippen LogP contribution in [0.25, 0.3) is 10.9 Å². The molecule has 116 valence electrons. The van der Waals surface area contributed by atoms with Gasteiger partial charge in [0, 0.05) is 11.1 Å². The van der Waals surface area contributed by atoms with Crippen LogP contribution < -0.4 is 16.2 Å². The van der Waals surface area contributed by atoms with Crippen LogP contribution in [0, 0.1) is 6.92 Å². The number of rotatable bonds is 2. The second-order valence-electron chi connectivity index (χ2n) is 5.02. The molecule has 0 radical (unpaired) electrons. The molecule has 0 aliphatic heterocycles. The fraction of sp³-hybridized carbons (Fsp3) is 0.0625.